The zero-order chi connectivity index (χ0) is 12.3. The lowest BCUT2D eigenvalue weighted by Crippen LogP contribution is -2.57. The molecule has 4 heteroatoms. The molecule has 0 radical (unpaired) electrons. The van der Waals surface area contributed by atoms with Crippen LogP contribution in [-0.2, 0) is 9.53 Å². The van der Waals surface area contributed by atoms with Crippen molar-refractivity contribution >= 4 is 5.91 Å². The highest BCUT2D eigenvalue weighted by atomic mass is 16.5. The molecular weight excluding hydrogens is 216 g/mol. The third-order valence-electron chi connectivity index (χ3n) is 4.00. The Balaban J connectivity index is 1.87. The molecule has 2 aliphatic heterocycles. The van der Waals surface area contributed by atoms with E-state index in [2.05, 4.69) is 24.5 Å². The summed E-state index contributed by atoms with van der Waals surface area (Å²) in [5, 5.41) is 6.58. The number of carbonyl (C=O) groups excluding carboxylic acids is 1. The van der Waals surface area contributed by atoms with Crippen LogP contribution in [0.5, 0.6) is 0 Å². The van der Waals surface area contributed by atoms with Gasteiger partial charge in [0.15, 0.2) is 0 Å². The second-order valence-electron chi connectivity index (χ2n) is 5.40. The van der Waals surface area contributed by atoms with E-state index in [0.29, 0.717) is 12.0 Å². The van der Waals surface area contributed by atoms with Crippen LogP contribution in [-0.4, -0.2) is 37.2 Å². The quantitative estimate of drug-likeness (QED) is 0.759. The maximum absolute atomic E-state index is 12.1. The van der Waals surface area contributed by atoms with E-state index >= 15 is 0 Å². The smallest absolute Gasteiger partial charge is 0.249 e. The van der Waals surface area contributed by atoms with Gasteiger partial charge in [-0.1, -0.05) is 6.92 Å². The van der Waals surface area contributed by atoms with Gasteiger partial charge in [0, 0.05) is 18.7 Å². The summed E-state index contributed by atoms with van der Waals surface area (Å²) in [7, 11) is 0. The highest BCUT2D eigenvalue weighted by Crippen LogP contribution is 2.18. The fourth-order valence-electron chi connectivity index (χ4n) is 2.81. The van der Waals surface area contributed by atoms with Crippen molar-refractivity contribution in [2.75, 3.05) is 13.2 Å². The summed E-state index contributed by atoms with van der Waals surface area (Å²) in [5.41, 5.74) is 0. The second-order valence-corrected chi connectivity index (χ2v) is 5.40. The Morgan fingerprint density at radius 3 is 2.76 bits per heavy atom. The van der Waals surface area contributed by atoms with E-state index in [1.54, 1.807) is 0 Å². The molecule has 2 aliphatic rings. The normalized spacial score (nSPS) is 38.7. The molecule has 0 aromatic heterocycles. The van der Waals surface area contributed by atoms with Crippen molar-refractivity contribution < 1.29 is 9.53 Å². The first-order valence-electron chi connectivity index (χ1n) is 6.84. The third kappa shape index (κ3) is 3.19. The summed E-state index contributed by atoms with van der Waals surface area (Å²) in [6.07, 6.45) is 3.97. The first kappa shape index (κ1) is 12.8. The first-order valence-corrected chi connectivity index (χ1v) is 6.84. The van der Waals surface area contributed by atoms with E-state index in [9.17, 15) is 4.79 Å². The Morgan fingerprint density at radius 2 is 2.12 bits per heavy atom. The van der Waals surface area contributed by atoms with Gasteiger partial charge in [0.25, 0.3) is 0 Å². The number of hydrogen-bond donors (Lipinski definition) is 2. The molecule has 1 amide bonds. The number of ether oxygens (including phenoxy) is 1. The Bertz CT molecular complexity index is 254. The summed E-state index contributed by atoms with van der Waals surface area (Å²) >= 11 is 0. The molecule has 0 bridgehead atoms. The third-order valence-corrected chi connectivity index (χ3v) is 4.00. The maximum Gasteiger partial charge on any atom is 0.249 e. The summed E-state index contributed by atoms with van der Waals surface area (Å²) in [6.45, 7) is 6.13. The molecule has 0 spiro atoms. The Kier molecular flexibility index (Phi) is 4.40. The van der Waals surface area contributed by atoms with Crippen molar-refractivity contribution in [2.45, 2.75) is 57.7 Å². The Morgan fingerprint density at radius 1 is 1.29 bits per heavy atom. The fraction of sp³-hybridized carbons (Fsp3) is 0.923. The fourth-order valence-corrected chi connectivity index (χ4v) is 2.81. The zero-order valence-corrected chi connectivity index (χ0v) is 10.9. The van der Waals surface area contributed by atoms with E-state index in [-0.39, 0.29) is 18.1 Å². The molecule has 2 heterocycles. The molecule has 4 atom stereocenters. The number of hydrogen-bond acceptors (Lipinski definition) is 3. The number of amides is 1. The summed E-state index contributed by atoms with van der Waals surface area (Å²) in [6, 6.07) is 0.591. The lowest BCUT2D eigenvalue weighted by molar-refractivity contribution is -0.137. The van der Waals surface area contributed by atoms with E-state index in [1.165, 1.54) is 0 Å². The lowest BCUT2D eigenvalue weighted by atomic mass is 9.89. The summed E-state index contributed by atoms with van der Waals surface area (Å²) in [4.78, 5) is 12.1. The Labute approximate surface area is 103 Å². The molecule has 98 valence electrons. The van der Waals surface area contributed by atoms with E-state index in [0.717, 1.165) is 38.8 Å². The predicted octanol–water partition coefficient (Wildman–Crippen LogP) is 1.06. The van der Waals surface area contributed by atoms with Crippen LogP contribution in [0, 0.1) is 5.92 Å². The van der Waals surface area contributed by atoms with Crippen molar-refractivity contribution in [2.24, 2.45) is 5.92 Å². The van der Waals surface area contributed by atoms with Crippen molar-refractivity contribution in [3.63, 3.8) is 0 Å². The Hall–Kier alpha value is -0.610. The van der Waals surface area contributed by atoms with Crippen LogP contribution in [0.3, 0.4) is 0 Å². The van der Waals surface area contributed by atoms with Crippen molar-refractivity contribution in [3.05, 3.63) is 0 Å². The minimum atomic E-state index is -0.218. The molecule has 2 saturated heterocycles. The minimum absolute atomic E-state index is 0.0806. The number of rotatable bonds is 2. The predicted molar refractivity (Wildman–Crippen MR) is 66.8 cm³/mol. The van der Waals surface area contributed by atoms with Gasteiger partial charge in [-0.05, 0) is 45.1 Å². The summed E-state index contributed by atoms with van der Waals surface area (Å²) in [5.74, 6) is 0.621. The molecule has 17 heavy (non-hydrogen) atoms. The molecule has 0 saturated carbocycles. The van der Waals surface area contributed by atoms with Crippen LogP contribution >= 0.6 is 0 Å². The van der Waals surface area contributed by atoms with E-state index in [4.69, 9.17) is 4.74 Å². The van der Waals surface area contributed by atoms with E-state index < -0.39 is 0 Å². The van der Waals surface area contributed by atoms with Gasteiger partial charge in [-0.3, -0.25) is 4.79 Å². The van der Waals surface area contributed by atoms with Gasteiger partial charge in [0.05, 0.1) is 0 Å². The van der Waals surface area contributed by atoms with Gasteiger partial charge in [0.2, 0.25) is 5.91 Å². The SMILES string of the molecule is CC1CCNC(C)C1NC(=O)C1CCCCO1. The second kappa shape index (κ2) is 5.83. The standard InChI is InChI=1S/C13H24N2O2/c1-9-6-7-14-10(2)12(9)15-13(16)11-5-3-4-8-17-11/h9-12,14H,3-8H2,1-2H3,(H,15,16). The van der Waals surface area contributed by atoms with Crippen molar-refractivity contribution in [1.29, 1.82) is 0 Å². The average Bonchev–Trinajstić information content (AvgIpc) is 2.35. The molecule has 2 N–H and O–H groups in total. The van der Waals surface area contributed by atoms with E-state index in [1.807, 2.05) is 0 Å². The lowest BCUT2D eigenvalue weighted by Gasteiger charge is -2.37. The highest BCUT2D eigenvalue weighted by Gasteiger charge is 2.31. The van der Waals surface area contributed by atoms with Crippen LogP contribution in [0.1, 0.15) is 39.5 Å². The largest absolute Gasteiger partial charge is 0.368 e. The maximum atomic E-state index is 12.1. The van der Waals surface area contributed by atoms with Gasteiger partial charge >= 0.3 is 0 Å². The van der Waals surface area contributed by atoms with Crippen LogP contribution in [0.15, 0.2) is 0 Å². The molecule has 0 aromatic carbocycles. The zero-order valence-electron chi connectivity index (χ0n) is 10.9. The molecule has 4 nitrogen and oxygen atoms in total. The van der Waals surface area contributed by atoms with Gasteiger partial charge < -0.3 is 15.4 Å². The number of nitrogens with one attached hydrogen (secondary N) is 2. The number of piperidine rings is 1. The monoisotopic (exact) mass is 240 g/mol. The van der Waals surface area contributed by atoms with Gasteiger partial charge in [-0.15, -0.1) is 0 Å². The van der Waals surface area contributed by atoms with Crippen LogP contribution < -0.4 is 10.6 Å². The topological polar surface area (TPSA) is 50.4 Å². The summed E-state index contributed by atoms with van der Waals surface area (Å²) < 4.78 is 5.52. The molecule has 0 aromatic rings. The number of carbonyl (C=O) groups is 1. The molecule has 4 unspecified atom stereocenters. The minimum Gasteiger partial charge on any atom is -0.368 e. The van der Waals surface area contributed by atoms with Crippen LogP contribution in [0.4, 0.5) is 0 Å². The first-order chi connectivity index (χ1) is 8.18. The average molecular weight is 240 g/mol. The van der Waals surface area contributed by atoms with Crippen molar-refractivity contribution in [3.8, 4) is 0 Å². The molecule has 0 aliphatic carbocycles. The molecule has 2 rings (SSSR count). The van der Waals surface area contributed by atoms with Crippen molar-refractivity contribution in [1.82, 2.24) is 10.6 Å². The van der Waals surface area contributed by atoms with Gasteiger partial charge in [0.1, 0.15) is 6.10 Å². The van der Waals surface area contributed by atoms with Crippen LogP contribution in [0.25, 0.3) is 0 Å². The van der Waals surface area contributed by atoms with Gasteiger partial charge in [-0.25, -0.2) is 0 Å². The molecule has 2 fully saturated rings. The van der Waals surface area contributed by atoms with Crippen LogP contribution in [0.2, 0.25) is 0 Å². The highest BCUT2D eigenvalue weighted by molar-refractivity contribution is 5.81. The molecular formula is C13H24N2O2. The van der Waals surface area contributed by atoms with Gasteiger partial charge in [-0.2, -0.15) is 0 Å².